The first-order valence-corrected chi connectivity index (χ1v) is 23.1. The maximum absolute atomic E-state index is 16.3. The molecule has 15 heteroatoms. The third kappa shape index (κ3) is 6.97. The minimum atomic E-state index is -1.28. The lowest BCUT2D eigenvalue weighted by Gasteiger charge is -2.47. The van der Waals surface area contributed by atoms with Crippen molar-refractivity contribution in [2.75, 3.05) is 25.0 Å². The van der Waals surface area contributed by atoms with Crippen LogP contribution in [0, 0.1) is 5.82 Å². The molecule has 4 amide bonds. The van der Waals surface area contributed by atoms with Crippen LogP contribution in [0.3, 0.4) is 0 Å². The minimum Gasteiger partial charge on any atom is -0.352 e. The van der Waals surface area contributed by atoms with Gasteiger partial charge in [0.2, 0.25) is 23.6 Å². The van der Waals surface area contributed by atoms with Gasteiger partial charge in [0, 0.05) is 61.3 Å². The minimum absolute atomic E-state index is 0.0538. The van der Waals surface area contributed by atoms with Crippen molar-refractivity contribution in [3.8, 4) is 11.1 Å². The van der Waals surface area contributed by atoms with Gasteiger partial charge in [-0.15, -0.1) is 0 Å². The molecule has 10 rings (SSSR count). The molecule has 12 nitrogen and oxygen atoms in total. The van der Waals surface area contributed by atoms with E-state index in [1.165, 1.54) is 16.2 Å². The zero-order valence-corrected chi connectivity index (χ0v) is 37.0. The fraction of sp³-hybridized carbons (Fsp3) is 0.408. The summed E-state index contributed by atoms with van der Waals surface area (Å²) >= 11 is 12.9. The number of benzene rings is 4. The van der Waals surface area contributed by atoms with Gasteiger partial charge in [-0.2, -0.15) is 0 Å². The number of aromatic nitrogens is 2. The summed E-state index contributed by atoms with van der Waals surface area (Å²) in [5, 5.41) is 13.0. The van der Waals surface area contributed by atoms with Crippen molar-refractivity contribution >= 4 is 63.6 Å². The first-order valence-electron chi connectivity index (χ1n) is 22.4. The zero-order valence-electron chi connectivity index (χ0n) is 35.5. The predicted octanol–water partition coefficient (Wildman–Crippen LogP) is 6.90. The van der Waals surface area contributed by atoms with E-state index < -0.39 is 40.7 Å². The molecule has 4 aliphatic heterocycles. The average Bonchev–Trinajstić information content (AvgIpc) is 3.84. The Morgan fingerprint density at radius 2 is 1.61 bits per heavy atom. The molecule has 332 valence electrons. The molecule has 2 spiro atoms. The molecular formula is C49H50Cl2FN7O5. The molecule has 1 saturated carbocycles. The second-order valence-electron chi connectivity index (χ2n) is 18.3. The SMILES string of the molecule is Cn1c(=O)n(C2CCC(=O)NC2=O)c2ccc(-c3ccc(CCN4CCC(NC(=O)[C@@H]5NC6(CCCCC6)[C@@]6(C(=O)Nc7cc(Cl)ccc76)[C@H]5c5cccc(Cl)c5F)CC4)cc3)cc21. The number of hydrogen-bond donors (Lipinski definition) is 4. The lowest BCUT2D eigenvalue weighted by Crippen LogP contribution is -2.60. The zero-order chi connectivity index (χ0) is 44.5. The summed E-state index contributed by atoms with van der Waals surface area (Å²) in [6.07, 6.45) is 6.89. The summed E-state index contributed by atoms with van der Waals surface area (Å²) in [6.45, 7) is 2.45. The van der Waals surface area contributed by atoms with Crippen molar-refractivity contribution in [1.82, 2.24) is 30.0 Å². The number of hydrogen-bond acceptors (Lipinski definition) is 7. The van der Waals surface area contributed by atoms with Gasteiger partial charge in [0.15, 0.2) is 0 Å². The van der Waals surface area contributed by atoms with E-state index in [1.54, 1.807) is 35.9 Å². The van der Waals surface area contributed by atoms with Gasteiger partial charge in [0.1, 0.15) is 17.3 Å². The topological polar surface area (TPSA) is 147 Å². The third-order valence-electron chi connectivity index (χ3n) is 14.9. The molecule has 3 saturated heterocycles. The van der Waals surface area contributed by atoms with Crippen molar-refractivity contribution in [3.05, 3.63) is 122 Å². The average molecular weight is 907 g/mol. The first-order chi connectivity index (χ1) is 30.9. The number of fused-ring (bicyclic) bond motifs is 4. The highest BCUT2D eigenvalue weighted by Gasteiger charge is 2.72. The number of carbonyl (C=O) groups excluding carboxylic acids is 4. The highest BCUT2D eigenvalue weighted by molar-refractivity contribution is 6.31. The highest BCUT2D eigenvalue weighted by atomic mass is 35.5. The maximum Gasteiger partial charge on any atom is 0.329 e. The van der Waals surface area contributed by atoms with E-state index >= 15 is 4.39 Å². The van der Waals surface area contributed by atoms with Gasteiger partial charge in [0.05, 0.1) is 22.1 Å². The van der Waals surface area contributed by atoms with Gasteiger partial charge in [-0.3, -0.25) is 38.9 Å². The van der Waals surface area contributed by atoms with Gasteiger partial charge in [0.25, 0.3) is 0 Å². The number of piperidine rings is 2. The number of rotatable bonds is 8. The van der Waals surface area contributed by atoms with E-state index in [0.29, 0.717) is 34.6 Å². The Morgan fingerprint density at radius 1 is 0.859 bits per heavy atom. The van der Waals surface area contributed by atoms with Crippen LogP contribution in [0.15, 0.2) is 83.7 Å². The summed E-state index contributed by atoms with van der Waals surface area (Å²) in [5.41, 5.74) is 3.69. The lowest BCUT2D eigenvalue weighted by molar-refractivity contribution is -0.136. The number of nitrogens with one attached hydrogen (secondary N) is 4. The second kappa shape index (κ2) is 16.6. The first kappa shape index (κ1) is 42.6. The van der Waals surface area contributed by atoms with E-state index in [0.717, 1.165) is 74.8 Å². The summed E-state index contributed by atoms with van der Waals surface area (Å²) < 4.78 is 19.3. The maximum atomic E-state index is 16.3. The Kier molecular flexibility index (Phi) is 11.0. The van der Waals surface area contributed by atoms with Gasteiger partial charge < -0.3 is 15.5 Å². The molecule has 0 radical (unpaired) electrons. The number of carbonyl (C=O) groups is 4. The van der Waals surface area contributed by atoms with Crippen molar-refractivity contribution < 1.29 is 23.6 Å². The standard InChI is InChI=1S/C49H50Cl2FN7O5/c1-57-39-26-30(12-15-37(39)59(47(57)64)38-16-17-40(60)55-44(38)61)29-10-8-28(9-11-29)18-23-58-24-19-32(20-25-58)53-45(62)43-41(33-6-5-7-35(51)42(33)52)49(48(56-43)21-3-2-4-22-48)34-14-13-31(50)27-36(34)54-46(49)63/h5-15,26-27,32,38,41,43,56H,2-4,16-25H2,1H3,(H,53,62)(H,54,63)(H,55,60,61)/t38?,41-,43+,49+/m0/s1. The van der Waals surface area contributed by atoms with E-state index in [9.17, 15) is 24.0 Å². The molecule has 4 fully saturated rings. The Morgan fingerprint density at radius 3 is 2.36 bits per heavy atom. The summed E-state index contributed by atoms with van der Waals surface area (Å²) in [5.74, 6) is -2.77. The number of aryl methyl sites for hydroxylation is 1. The molecule has 4 N–H and O–H groups in total. The molecule has 5 aliphatic rings. The van der Waals surface area contributed by atoms with Crippen LogP contribution in [0.4, 0.5) is 10.1 Å². The number of imidazole rings is 1. The number of likely N-dealkylation sites (tertiary alicyclic amines) is 1. The molecule has 1 aromatic heterocycles. The van der Waals surface area contributed by atoms with Crippen molar-refractivity contribution in [3.63, 3.8) is 0 Å². The molecule has 1 aliphatic carbocycles. The molecular weight excluding hydrogens is 856 g/mol. The smallest absolute Gasteiger partial charge is 0.329 e. The van der Waals surface area contributed by atoms with Crippen LogP contribution in [0.25, 0.3) is 22.2 Å². The van der Waals surface area contributed by atoms with Crippen LogP contribution < -0.4 is 27.0 Å². The van der Waals surface area contributed by atoms with Crippen molar-refractivity contribution in [2.24, 2.45) is 7.05 Å². The van der Waals surface area contributed by atoms with Crippen LogP contribution in [0.2, 0.25) is 10.0 Å². The Hall–Kier alpha value is -5.34. The lowest BCUT2D eigenvalue weighted by atomic mass is 9.55. The normalized spacial score (nSPS) is 24.6. The molecule has 64 heavy (non-hydrogen) atoms. The van der Waals surface area contributed by atoms with Gasteiger partial charge in [-0.25, -0.2) is 9.18 Å². The number of anilines is 1. The summed E-state index contributed by atoms with van der Waals surface area (Å²) in [6, 6.07) is 22.7. The molecule has 4 atom stereocenters. The number of amides is 4. The van der Waals surface area contributed by atoms with Crippen LogP contribution >= 0.6 is 23.2 Å². The van der Waals surface area contributed by atoms with E-state index in [2.05, 4.69) is 50.4 Å². The molecule has 4 aromatic carbocycles. The van der Waals surface area contributed by atoms with Crippen molar-refractivity contribution in [2.45, 2.75) is 99.2 Å². The number of imide groups is 1. The van der Waals surface area contributed by atoms with Crippen LogP contribution in [0.1, 0.15) is 86.4 Å². The largest absolute Gasteiger partial charge is 0.352 e. The second-order valence-corrected chi connectivity index (χ2v) is 19.1. The van der Waals surface area contributed by atoms with E-state index in [-0.39, 0.29) is 52.9 Å². The fourth-order valence-electron chi connectivity index (χ4n) is 11.7. The number of nitrogens with zero attached hydrogens (tertiary/aromatic N) is 3. The van der Waals surface area contributed by atoms with Gasteiger partial charge in [-0.1, -0.05) is 91.0 Å². The molecule has 5 aromatic rings. The van der Waals surface area contributed by atoms with Crippen molar-refractivity contribution in [1.29, 1.82) is 0 Å². The monoisotopic (exact) mass is 905 g/mol. The Balaban J connectivity index is 0.812. The van der Waals surface area contributed by atoms with E-state index in [4.69, 9.17) is 23.2 Å². The highest BCUT2D eigenvalue weighted by Crippen LogP contribution is 2.62. The summed E-state index contributed by atoms with van der Waals surface area (Å²) in [7, 11) is 1.69. The van der Waals surface area contributed by atoms with Crippen LogP contribution in [-0.2, 0) is 38.1 Å². The van der Waals surface area contributed by atoms with Gasteiger partial charge in [-0.05, 0) is 96.7 Å². The van der Waals surface area contributed by atoms with Gasteiger partial charge >= 0.3 is 5.69 Å². The molecule has 1 unspecified atom stereocenters. The quantitative estimate of drug-likeness (QED) is 0.124. The van der Waals surface area contributed by atoms with E-state index in [1.807, 2.05) is 24.3 Å². The predicted molar refractivity (Wildman–Crippen MR) is 244 cm³/mol. The fourth-order valence-corrected chi connectivity index (χ4v) is 12.1. The van der Waals surface area contributed by atoms with Crippen LogP contribution in [0.5, 0.6) is 0 Å². The Bertz CT molecular complexity index is 2780. The molecule has 5 heterocycles. The summed E-state index contributed by atoms with van der Waals surface area (Å²) in [4.78, 5) is 69.4. The molecule has 0 bridgehead atoms. The number of halogens is 3. The Labute approximate surface area is 379 Å². The van der Waals surface area contributed by atoms with Crippen LogP contribution in [-0.4, -0.2) is 74.9 Å². The third-order valence-corrected chi connectivity index (χ3v) is 15.4.